The number of ether oxygens (including phenoxy) is 1. The van der Waals surface area contributed by atoms with E-state index in [9.17, 15) is 14.4 Å². The summed E-state index contributed by atoms with van der Waals surface area (Å²) in [5.41, 5.74) is 0.795. The van der Waals surface area contributed by atoms with Gasteiger partial charge in [-0.1, -0.05) is 30.3 Å². The zero-order chi connectivity index (χ0) is 15.7. The molecule has 0 saturated heterocycles. The lowest BCUT2D eigenvalue weighted by atomic mass is 10.1. The molecule has 0 aliphatic carbocycles. The predicted molar refractivity (Wildman–Crippen MR) is 74.7 cm³/mol. The molecular formula is C14H18N2O5. The van der Waals surface area contributed by atoms with Crippen LogP contribution in [0.3, 0.4) is 0 Å². The Balaban J connectivity index is 2.41. The van der Waals surface area contributed by atoms with Crippen LogP contribution < -0.4 is 10.6 Å². The van der Waals surface area contributed by atoms with E-state index in [0.29, 0.717) is 0 Å². The molecule has 0 aliphatic rings. The molecule has 0 radical (unpaired) electrons. The number of rotatable bonds is 7. The van der Waals surface area contributed by atoms with Crippen LogP contribution >= 0.6 is 0 Å². The second kappa shape index (κ2) is 8.57. The molecule has 1 rings (SSSR count). The monoisotopic (exact) mass is 294 g/mol. The van der Waals surface area contributed by atoms with E-state index in [1.54, 1.807) is 24.3 Å². The molecule has 3 N–H and O–H groups in total. The molecule has 0 aliphatic heterocycles. The number of nitrogens with one attached hydrogen (secondary N) is 2. The quantitative estimate of drug-likeness (QED) is 0.637. The number of aliphatic carboxylic acids is 1. The minimum absolute atomic E-state index is 0.0247. The minimum atomic E-state index is -1.14. The Morgan fingerprint density at radius 3 is 2.48 bits per heavy atom. The zero-order valence-electron chi connectivity index (χ0n) is 11.7. The van der Waals surface area contributed by atoms with Gasteiger partial charge in [-0.25, -0.2) is 9.59 Å². The van der Waals surface area contributed by atoms with Crippen LogP contribution in [0.5, 0.6) is 0 Å². The minimum Gasteiger partial charge on any atom is -0.480 e. The maximum atomic E-state index is 11.5. The zero-order valence-corrected chi connectivity index (χ0v) is 11.7. The summed E-state index contributed by atoms with van der Waals surface area (Å²) in [6, 6.07) is 7.89. The third kappa shape index (κ3) is 6.95. The van der Waals surface area contributed by atoms with E-state index in [4.69, 9.17) is 9.84 Å². The molecule has 7 nitrogen and oxygen atoms in total. The topological polar surface area (TPSA) is 105 Å². The van der Waals surface area contributed by atoms with Gasteiger partial charge >= 0.3 is 12.1 Å². The van der Waals surface area contributed by atoms with Crippen LogP contribution in [0.1, 0.15) is 12.5 Å². The van der Waals surface area contributed by atoms with E-state index in [-0.39, 0.29) is 25.5 Å². The molecule has 0 saturated carbocycles. The van der Waals surface area contributed by atoms with Crippen LogP contribution in [-0.2, 0) is 20.7 Å². The highest BCUT2D eigenvalue weighted by atomic mass is 16.5. The summed E-state index contributed by atoms with van der Waals surface area (Å²) in [5.74, 6) is -1.37. The first-order valence-corrected chi connectivity index (χ1v) is 6.43. The molecule has 7 heteroatoms. The van der Waals surface area contributed by atoms with Crippen LogP contribution in [0.2, 0.25) is 0 Å². The number of hydrogen-bond donors (Lipinski definition) is 3. The van der Waals surface area contributed by atoms with Crippen molar-refractivity contribution in [3.8, 4) is 0 Å². The van der Waals surface area contributed by atoms with E-state index in [2.05, 4.69) is 10.6 Å². The van der Waals surface area contributed by atoms with Crippen LogP contribution in [0, 0.1) is 0 Å². The van der Waals surface area contributed by atoms with Crippen LogP contribution in [-0.4, -0.2) is 42.3 Å². The molecule has 1 unspecified atom stereocenters. The molecular weight excluding hydrogens is 276 g/mol. The normalized spacial score (nSPS) is 11.3. The van der Waals surface area contributed by atoms with Crippen LogP contribution in [0.15, 0.2) is 30.3 Å². The maximum Gasteiger partial charge on any atom is 0.407 e. The number of benzene rings is 1. The molecule has 2 amide bonds. The summed E-state index contributed by atoms with van der Waals surface area (Å²) in [4.78, 5) is 33.2. The molecule has 0 aromatic heterocycles. The van der Waals surface area contributed by atoms with Gasteiger partial charge in [0.15, 0.2) is 0 Å². The third-order valence-electron chi connectivity index (χ3n) is 2.58. The Hall–Kier alpha value is -2.57. The van der Waals surface area contributed by atoms with Gasteiger partial charge in [0.2, 0.25) is 5.91 Å². The first-order valence-electron chi connectivity index (χ1n) is 6.43. The summed E-state index contributed by atoms with van der Waals surface area (Å²) in [5, 5.41) is 13.8. The van der Waals surface area contributed by atoms with E-state index < -0.39 is 18.1 Å². The standard InChI is InChI=1S/C14H18N2O5/c1-10(17)15-7-8-21-14(20)16-12(13(18)19)9-11-5-3-2-4-6-11/h2-6,12H,7-9H2,1H3,(H,15,17)(H,16,20)(H,18,19). The average molecular weight is 294 g/mol. The highest BCUT2D eigenvalue weighted by molar-refractivity contribution is 5.80. The fraction of sp³-hybridized carbons (Fsp3) is 0.357. The van der Waals surface area contributed by atoms with Crippen molar-refractivity contribution in [3.63, 3.8) is 0 Å². The Morgan fingerprint density at radius 2 is 1.90 bits per heavy atom. The fourth-order valence-electron chi connectivity index (χ4n) is 1.60. The SMILES string of the molecule is CC(=O)NCCOC(=O)NC(Cc1ccccc1)C(=O)O. The molecule has 1 aromatic carbocycles. The van der Waals surface area contributed by atoms with Gasteiger partial charge in [0.25, 0.3) is 0 Å². The first kappa shape index (κ1) is 16.5. The van der Waals surface area contributed by atoms with Crippen LogP contribution in [0.25, 0.3) is 0 Å². The maximum absolute atomic E-state index is 11.5. The van der Waals surface area contributed by atoms with Crippen molar-refractivity contribution in [1.82, 2.24) is 10.6 Å². The predicted octanol–water partition coefficient (Wildman–Crippen LogP) is 0.545. The Bertz CT molecular complexity index is 489. The van der Waals surface area contributed by atoms with Crippen molar-refractivity contribution in [2.75, 3.05) is 13.2 Å². The van der Waals surface area contributed by atoms with Crippen molar-refractivity contribution in [3.05, 3.63) is 35.9 Å². The lowest BCUT2D eigenvalue weighted by molar-refractivity contribution is -0.139. The number of carboxylic acid groups (broad SMARTS) is 1. The smallest absolute Gasteiger partial charge is 0.407 e. The van der Waals surface area contributed by atoms with E-state index in [0.717, 1.165) is 5.56 Å². The number of amides is 2. The molecule has 1 atom stereocenters. The van der Waals surface area contributed by atoms with E-state index in [1.807, 2.05) is 6.07 Å². The van der Waals surface area contributed by atoms with Gasteiger partial charge in [-0.3, -0.25) is 4.79 Å². The molecule has 21 heavy (non-hydrogen) atoms. The molecule has 0 fully saturated rings. The highest BCUT2D eigenvalue weighted by Crippen LogP contribution is 2.03. The molecule has 1 aromatic rings. The molecule has 0 heterocycles. The highest BCUT2D eigenvalue weighted by Gasteiger charge is 2.20. The van der Waals surface area contributed by atoms with Gasteiger partial charge in [0.05, 0.1) is 6.54 Å². The summed E-state index contributed by atoms with van der Waals surface area (Å²) < 4.78 is 4.78. The first-order chi connectivity index (χ1) is 9.99. The van der Waals surface area contributed by atoms with Crippen molar-refractivity contribution in [2.45, 2.75) is 19.4 Å². The summed E-state index contributed by atoms with van der Waals surface area (Å²) in [6.45, 7) is 1.50. The van der Waals surface area contributed by atoms with Crippen molar-refractivity contribution < 1.29 is 24.2 Å². The summed E-state index contributed by atoms with van der Waals surface area (Å²) in [6.07, 6.45) is -0.666. The van der Waals surface area contributed by atoms with Gasteiger partial charge in [-0.15, -0.1) is 0 Å². The Kier molecular flexibility index (Phi) is 6.73. The number of carboxylic acids is 1. The Morgan fingerprint density at radius 1 is 1.24 bits per heavy atom. The molecule has 0 bridgehead atoms. The number of carbonyl (C=O) groups excluding carboxylic acids is 2. The van der Waals surface area contributed by atoms with Crippen LogP contribution in [0.4, 0.5) is 4.79 Å². The van der Waals surface area contributed by atoms with Gasteiger partial charge in [0, 0.05) is 13.3 Å². The fourth-order valence-corrected chi connectivity index (χ4v) is 1.60. The number of carbonyl (C=O) groups is 3. The Labute approximate surface area is 122 Å². The summed E-state index contributed by atoms with van der Waals surface area (Å²) >= 11 is 0. The van der Waals surface area contributed by atoms with E-state index in [1.165, 1.54) is 6.92 Å². The van der Waals surface area contributed by atoms with Crippen molar-refractivity contribution in [2.24, 2.45) is 0 Å². The average Bonchev–Trinajstić information content (AvgIpc) is 2.44. The molecule has 114 valence electrons. The van der Waals surface area contributed by atoms with E-state index >= 15 is 0 Å². The largest absolute Gasteiger partial charge is 0.480 e. The van der Waals surface area contributed by atoms with Crippen molar-refractivity contribution in [1.29, 1.82) is 0 Å². The third-order valence-corrected chi connectivity index (χ3v) is 2.58. The number of alkyl carbamates (subject to hydrolysis) is 1. The molecule has 0 spiro atoms. The lowest BCUT2D eigenvalue weighted by Crippen LogP contribution is -2.43. The number of hydrogen-bond acceptors (Lipinski definition) is 4. The van der Waals surface area contributed by atoms with Gasteiger partial charge in [0.1, 0.15) is 12.6 Å². The van der Waals surface area contributed by atoms with Gasteiger partial charge in [-0.2, -0.15) is 0 Å². The second-order valence-corrected chi connectivity index (χ2v) is 4.34. The second-order valence-electron chi connectivity index (χ2n) is 4.34. The van der Waals surface area contributed by atoms with Gasteiger partial charge in [-0.05, 0) is 5.56 Å². The van der Waals surface area contributed by atoms with Gasteiger partial charge < -0.3 is 20.5 Å². The van der Waals surface area contributed by atoms with Crippen molar-refractivity contribution >= 4 is 18.0 Å². The lowest BCUT2D eigenvalue weighted by Gasteiger charge is -2.14. The summed E-state index contributed by atoms with van der Waals surface area (Å²) in [7, 11) is 0.